The van der Waals surface area contributed by atoms with E-state index in [9.17, 15) is 0 Å². The molecule has 0 amide bonds. The summed E-state index contributed by atoms with van der Waals surface area (Å²) in [6.07, 6.45) is 6.81. The normalized spacial score (nSPS) is 31.6. The first-order valence-corrected chi connectivity index (χ1v) is 9.08. The first kappa shape index (κ1) is 14.6. The van der Waals surface area contributed by atoms with Gasteiger partial charge in [0.15, 0.2) is 0 Å². The van der Waals surface area contributed by atoms with E-state index in [1.54, 1.807) is 5.56 Å². The maximum atomic E-state index is 3.85. The van der Waals surface area contributed by atoms with Gasteiger partial charge in [-0.25, -0.2) is 0 Å². The van der Waals surface area contributed by atoms with Crippen LogP contribution in [-0.4, -0.2) is 30.6 Å². The lowest BCUT2D eigenvalue weighted by molar-refractivity contribution is 0.112. The Kier molecular flexibility index (Phi) is 4.49. The monoisotopic (exact) mass is 292 g/mol. The summed E-state index contributed by atoms with van der Waals surface area (Å²) < 4.78 is 0. The van der Waals surface area contributed by atoms with Gasteiger partial charge in [-0.1, -0.05) is 6.92 Å². The number of thiophene rings is 1. The second-order valence-electron chi connectivity index (χ2n) is 6.65. The molecule has 1 aromatic rings. The average Bonchev–Trinajstić information content (AvgIpc) is 2.92. The molecule has 2 bridgehead atoms. The van der Waals surface area contributed by atoms with Crippen molar-refractivity contribution in [3.63, 3.8) is 0 Å². The molecule has 0 spiro atoms. The summed E-state index contributed by atoms with van der Waals surface area (Å²) in [6, 6.07) is 4.61. The number of hydrogen-bond donors (Lipinski definition) is 1. The van der Waals surface area contributed by atoms with Crippen LogP contribution in [0.15, 0.2) is 11.4 Å². The minimum Gasteiger partial charge on any atom is -0.310 e. The van der Waals surface area contributed by atoms with Gasteiger partial charge in [0.25, 0.3) is 0 Å². The van der Waals surface area contributed by atoms with E-state index in [1.807, 2.05) is 11.3 Å². The molecule has 3 rings (SSSR count). The van der Waals surface area contributed by atoms with Crippen LogP contribution in [0.1, 0.15) is 55.5 Å². The van der Waals surface area contributed by atoms with Gasteiger partial charge in [0.05, 0.1) is 0 Å². The molecule has 2 nitrogen and oxygen atoms in total. The van der Waals surface area contributed by atoms with Crippen molar-refractivity contribution in [1.82, 2.24) is 10.2 Å². The molecule has 0 saturated carbocycles. The lowest BCUT2D eigenvalue weighted by Gasteiger charge is -2.40. The van der Waals surface area contributed by atoms with E-state index in [-0.39, 0.29) is 0 Å². The fourth-order valence-electron chi connectivity index (χ4n) is 4.27. The Labute approximate surface area is 127 Å². The zero-order chi connectivity index (χ0) is 14.1. The van der Waals surface area contributed by atoms with Crippen LogP contribution in [0.3, 0.4) is 0 Å². The Bertz CT molecular complexity index is 428. The minimum absolute atomic E-state index is 0.581. The molecule has 3 heteroatoms. The summed E-state index contributed by atoms with van der Waals surface area (Å²) in [5.74, 6) is 0.823. The summed E-state index contributed by atoms with van der Waals surface area (Å²) in [4.78, 5) is 4.15. The van der Waals surface area contributed by atoms with Crippen LogP contribution in [0.5, 0.6) is 0 Å². The molecule has 2 saturated heterocycles. The summed E-state index contributed by atoms with van der Waals surface area (Å²) >= 11 is 1.90. The highest BCUT2D eigenvalue weighted by Crippen LogP contribution is 2.43. The third-order valence-electron chi connectivity index (χ3n) is 5.45. The number of nitrogens with zero attached hydrogens (tertiary/aromatic N) is 1. The van der Waals surface area contributed by atoms with Gasteiger partial charge in [-0.15, -0.1) is 11.3 Å². The number of rotatable bonds is 5. The molecule has 3 unspecified atom stereocenters. The van der Waals surface area contributed by atoms with E-state index < -0.39 is 0 Å². The van der Waals surface area contributed by atoms with E-state index in [4.69, 9.17) is 0 Å². The van der Waals surface area contributed by atoms with E-state index in [1.165, 1.54) is 37.0 Å². The SMILES string of the molecule is CCCNC(c1ccsc1C)C1CC2CCC(C1)N2C. The Morgan fingerprint density at radius 3 is 2.60 bits per heavy atom. The van der Waals surface area contributed by atoms with Gasteiger partial charge in [-0.3, -0.25) is 0 Å². The molecule has 112 valence electrons. The highest BCUT2D eigenvalue weighted by atomic mass is 32.1. The molecule has 0 aliphatic carbocycles. The number of piperidine rings is 1. The molecule has 0 aromatic carbocycles. The molecule has 0 radical (unpaired) electrons. The minimum atomic E-state index is 0.581. The molecule has 2 aliphatic heterocycles. The third-order valence-corrected chi connectivity index (χ3v) is 6.32. The van der Waals surface area contributed by atoms with Gasteiger partial charge in [-0.05, 0) is 75.5 Å². The molecule has 3 heterocycles. The van der Waals surface area contributed by atoms with Gasteiger partial charge in [0, 0.05) is 23.0 Å². The van der Waals surface area contributed by atoms with Crippen molar-refractivity contribution in [2.75, 3.05) is 13.6 Å². The van der Waals surface area contributed by atoms with Gasteiger partial charge in [0.1, 0.15) is 0 Å². The summed E-state index contributed by atoms with van der Waals surface area (Å²) in [6.45, 7) is 5.69. The van der Waals surface area contributed by atoms with Crippen LogP contribution in [0.25, 0.3) is 0 Å². The second kappa shape index (κ2) is 6.17. The molecule has 20 heavy (non-hydrogen) atoms. The number of aryl methyl sites for hydroxylation is 1. The van der Waals surface area contributed by atoms with Crippen LogP contribution in [0.2, 0.25) is 0 Å². The van der Waals surface area contributed by atoms with Crippen LogP contribution in [-0.2, 0) is 0 Å². The van der Waals surface area contributed by atoms with E-state index >= 15 is 0 Å². The highest BCUT2D eigenvalue weighted by molar-refractivity contribution is 7.10. The molecule has 2 aliphatic rings. The van der Waals surface area contributed by atoms with Crippen LogP contribution < -0.4 is 5.32 Å². The molecule has 1 aromatic heterocycles. The van der Waals surface area contributed by atoms with E-state index in [0.29, 0.717) is 6.04 Å². The van der Waals surface area contributed by atoms with Crippen LogP contribution >= 0.6 is 11.3 Å². The van der Waals surface area contributed by atoms with Crippen molar-refractivity contribution >= 4 is 11.3 Å². The zero-order valence-corrected chi connectivity index (χ0v) is 13.9. The lowest BCUT2D eigenvalue weighted by Crippen LogP contribution is -2.44. The first-order valence-electron chi connectivity index (χ1n) is 8.20. The Morgan fingerprint density at radius 1 is 1.35 bits per heavy atom. The first-order chi connectivity index (χ1) is 9.70. The molecular formula is C17H28N2S. The summed E-state index contributed by atoms with van der Waals surface area (Å²) in [5.41, 5.74) is 1.57. The van der Waals surface area contributed by atoms with Crippen molar-refractivity contribution < 1.29 is 0 Å². The average molecular weight is 292 g/mol. The fraction of sp³-hybridized carbons (Fsp3) is 0.765. The van der Waals surface area contributed by atoms with Crippen molar-refractivity contribution in [1.29, 1.82) is 0 Å². The van der Waals surface area contributed by atoms with Crippen molar-refractivity contribution in [2.24, 2.45) is 5.92 Å². The maximum absolute atomic E-state index is 3.85. The van der Waals surface area contributed by atoms with Gasteiger partial charge >= 0.3 is 0 Å². The molecule has 3 atom stereocenters. The van der Waals surface area contributed by atoms with Gasteiger partial charge in [0.2, 0.25) is 0 Å². The predicted molar refractivity (Wildman–Crippen MR) is 87.4 cm³/mol. The second-order valence-corrected chi connectivity index (χ2v) is 7.77. The zero-order valence-electron chi connectivity index (χ0n) is 13.1. The third kappa shape index (κ3) is 2.68. The number of fused-ring (bicyclic) bond motifs is 2. The van der Waals surface area contributed by atoms with E-state index in [2.05, 4.69) is 42.6 Å². The van der Waals surface area contributed by atoms with Gasteiger partial charge in [-0.2, -0.15) is 0 Å². The lowest BCUT2D eigenvalue weighted by atomic mass is 9.82. The number of nitrogens with one attached hydrogen (secondary N) is 1. The van der Waals surface area contributed by atoms with E-state index in [0.717, 1.165) is 24.5 Å². The predicted octanol–water partition coefficient (Wildman–Crippen LogP) is 3.97. The summed E-state index contributed by atoms with van der Waals surface area (Å²) in [7, 11) is 2.34. The smallest absolute Gasteiger partial charge is 0.0360 e. The Morgan fingerprint density at radius 2 is 2.05 bits per heavy atom. The Balaban J connectivity index is 1.78. The molecule has 1 N–H and O–H groups in total. The maximum Gasteiger partial charge on any atom is 0.0360 e. The standard InChI is InChI=1S/C17H28N2S/c1-4-8-18-17(16-7-9-20-12(16)2)13-10-14-5-6-15(11-13)19(14)3/h7,9,13-15,17-18H,4-6,8,10-11H2,1-3H3. The summed E-state index contributed by atoms with van der Waals surface area (Å²) in [5, 5.41) is 6.11. The quantitative estimate of drug-likeness (QED) is 0.883. The van der Waals surface area contributed by atoms with Gasteiger partial charge < -0.3 is 10.2 Å². The number of hydrogen-bond acceptors (Lipinski definition) is 3. The van der Waals surface area contributed by atoms with Crippen molar-refractivity contribution in [2.45, 2.75) is 64.1 Å². The van der Waals surface area contributed by atoms with Crippen molar-refractivity contribution in [3.8, 4) is 0 Å². The van der Waals surface area contributed by atoms with Crippen molar-refractivity contribution in [3.05, 3.63) is 21.9 Å². The fourth-order valence-corrected chi connectivity index (χ4v) is 5.02. The topological polar surface area (TPSA) is 15.3 Å². The Hall–Kier alpha value is -0.380. The van der Waals surface area contributed by atoms with Crippen LogP contribution in [0.4, 0.5) is 0 Å². The molecule has 2 fully saturated rings. The highest BCUT2D eigenvalue weighted by Gasteiger charge is 2.41. The largest absolute Gasteiger partial charge is 0.310 e. The van der Waals surface area contributed by atoms with Crippen LogP contribution in [0, 0.1) is 12.8 Å². The molecular weight excluding hydrogens is 264 g/mol.